The number of aromatic nitrogens is 1. The summed E-state index contributed by atoms with van der Waals surface area (Å²) in [6.07, 6.45) is 2.09. The number of hydrogen-bond acceptors (Lipinski definition) is 7. The van der Waals surface area contributed by atoms with Gasteiger partial charge in [0, 0.05) is 55.9 Å². The Morgan fingerprint density at radius 3 is 2.65 bits per heavy atom. The van der Waals surface area contributed by atoms with E-state index in [1.807, 2.05) is 53.9 Å². The third kappa shape index (κ3) is 4.28. The van der Waals surface area contributed by atoms with Crippen molar-refractivity contribution in [3.8, 4) is 0 Å². The van der Waals surface area contributed by atoms with E-state index < -0.39 is 5.41 Å². The van der Waals surface area contributed by atoms with Crippen molar-refractivity contribution in [2.45, 2.75) is 24.2 Å². The minimum absolute atomic E-state index is 0.00662. The lowest BCUT2D eigenvalue weighted by Gasteiger charge is -2.43. The van der Waals surface area contributed by atoms with E-state index in [1.54, 1.807) is 16.2 Å². The second-order valence-electron chi connectivity index (χ2n) is 9.15. The number of likely N-dealkylation sites (tertiary alicyclic amines) is 2. The molecule has 2 saturated heterocycles. The predicted octanol–water partition coefficient (Wildman–Crippen LogP) is 4.11. The fourth-order valence-electron chi connectivity index (χ4n) is 5.08. The number of piperidine rings is 1. The number of rotatable bonds is 6. The van der Waals surface area contributed by atoms with Gasteiger partial charge >= 0.3 is 0 Å². The van der Waals surface area contributed by atoms with Crippen LogP contribution in [0.2, 0.25) is 0 Å². The van der Waals surface area contributed by atoms with E-state index in [0.29, 0.717) is 31.5 Å². The van der Waals surface area contributed by atoms with Gasteiger partial charge in [-0.15, -0.1) is 11.3 Å². The molecular formula is C25H28N4O3S2. The molecular weight excluding hydrogens is 468 g/mol. The lowest BCUT2D eigenvalue weighted by molar-refractivity contribution is -0.136. The van der Waals surface area contributed by atoms with Crippen LogP contribution in [0.1, 0.15) is 29.6 Å². The van der Waals surface area contributed by atoms with E-state index >= 15 is 0 Å². The van der Waals surface area contributed by atoms with Gasteiger partial charge in [0.1, 0.15) is 0 Å². The van der Waals surface area contributed by atoms with E-state index in [2.05, 4.69) is 15.8 Å². The summed E-state index contributed by atoms with van der Waals surface area (Å²) in [6, 6.07) is 13.6. The Hall–Kier alpha value is -2.62. The highest BCUT2D eigenvalue weighted by molar-refractivity contribution is 8.00. The second-order valence-corrected chi connectivity index (χ2v) is 10.9. The van der Waals surface area contributed by atoms with Crippen LogP contribution in [0.25, 0.3) is 10.2 Å². The Bertz CT molecular complexity index is 1190. The van der Waals surface area contributed by atoms with Crippen LogP contribution >= 0.6 is 23.3 Å². The normalized spacial score (nSPS) is 20.2. The monoisotopic (exact) mass is 496 g/mol. The van der Waals surface area contributed by atoms with Gasteiger partial charge < -0.3 is 19.6 Å². The highest BCUT2D eigenvalue weighted by Crippen LogP contribution is 2.43. The van der Waals surface area contributed by atoms with Gasteiger partial charge in [0.2, 0.25) is 5.91 Å². The molecule has 0 radical (unpaired) electrons. The largest absolute Gasteiger partial charge is 0.396 e. The van der Waals surface area contributed by atoms with Crippen molar-refractivity contribution in [1.82, 2.24) is 14.8 Å². The van der Waals surface area contributed by atoms with Crippen LogP contribution in [0, 0.1) is 11.3 Å². The van der Waals surface area contributed by atoms with Gasteiger partial charge in [0.05, 0.1) is 20.6 Å². The molecule has 7 nitrogen and oxygen atoms in total. The molecule has 5 rings (SSSR count). The molecule has 178 valence electrons. The molecule has 0 aliphatic carbocycles. The van der Waals surface area contributed by atoms with E-state index in [0.717, 1.165) is 33.8 Å². The van der Waals surface area contributed by atoms with Gasteiger partial charge in [0.25, 0.3) is 5.91 Å². The van der Waals surface area contributed by atoms with Gasteiger partial charge in [-0.2, -0.15) is 0 Å². The minimum Gasteiger partial charge on any atom is -0.396 e. The van der Waals surface area contributed by atoms with Crippen molar-refractivity contribution in [3.63, 3.8) is 0 Å². The van der Waals surface area contributed by atoms with E-state index in [-0.39, 0.29) is 24.3 Å². The summed E-state index contributed by atoms with van der Waals surface area (Å²) < 4.78 is 4.49. The fraction of sp³-hybridized carbons (Fsp3) is 0.400. The molecule has 0 spiro atoms. The summed E-state index contributed by atoms with van der Waals surface area (Å²) in [5, 5.41) is 10.2. The summed E-state index contributed by atoms with van der Waals surface area (Å²) in [6.45, 7) is 1.85. The molecule has 2 aromatic carbocycles. The fourth-order valence-corrected chi connectivity index (χ4v) is 6.62. The maximum atomic E-state index is 13.1. The van der Waals surface area contributed by atoms with Crippen LogP contribution in [0.3, 0.4) is 0 Å². The summed E-state index contributed by atoms with van der Waals surface area (Å²) in [7, 11) is 1.82. The average Bonchev–Trinajstić information content (AvgIpc) is 3.50. The molecule has 1 atom stereocenters. The quantitative estimate of drug-likeness (QED) is 0.500. The van der Waals surface area contributed by atoms with Crippen LogP contribution in [0.5, 0.6) is 0 Å². The lowest BCUT2D eigenvalue weighted by Crippen LogP contribution is -2.49. The first-order chi connectivity index (χ1) is 16.5. The molecule has 0 bridgehead atoms. The Morgan fingerprint density at radius 1 is 1.21 bits per heavy atom. The van der Waals surface area contributed by atoms with Crippen LogP contribution in [0.15, 0.2) is 52.9 Å². The molecule has 1 unspecified atom stereocenters. The van der Waals surface area contributed by atoms with Gasteiger partial charge in [0.15, 0.2) is 0 Å². The van der Waals surface area contributed by atoms with Crippen molar-refractivity contribution < 1.29 is 14.7 Å². The molecule has 0 saturated carbocycles. The first kappa shape index (κ1) is 23.1. The minimum atomic E-state index is -0.413. The zero-order valence-electron chi connectivity index (χ0n) is 19.1. The van der Waals surface area contributed by atoms with Crippen molar-refractivity contribution in [2.75, 3.05) is 38.0 Å². The van der Waals surface area contributed by atoms with E-state index in [4.69, 9.17) is 0 Å². The van der Waals surface area contributed by atoms with Gasteiger partial charge in [-0.1, -0.05) is 6.07 Å². The van der Waals surface area contributed by atoms with Gasteiger partial charge in [-0.05, 0) is 67.6 Å². The SMILES string of the molecule is CN1CCC(C2(CO)CCN(C(=O)c3ccc(NSc4cccc5scnc45)cc3)CC2)C1=O. The number of nitrogens with one attached hydrogen (secondary N) is 1. The zero-order valence-corrected chi connectivity index (χ0v) is 20.7. The lowest BCUT2D eigenvalue weighted by atomic mass is 9.68. The average molecular weight is 497 g/mol. The van der Waals surface area contributed by atoms with E-state index in [9.17, 15) is 14.7 Å². The number of carbonyl (C=O) groups is 2. The second kappa shape index (κ2) is 9.56. The highest BCUT2D eigenvalue weighted by Gasteiger charge is 2.48. The Morgan fingerprint density at radius 2 is 1.97 bits per heavy atom. The number of aliphatic hydroxyl groups excluding tert-OH is 1. The summed E-state index contributed by atoms with van der Waals surface area (Å²) in [5.74, 6) is -0.0219. The summed E-state index contributed by atoms with van der Waals surface area (Å²) in [4.78, 5) is 34.8. The number of carbonyl (C=O) groups excluding carboxylic acids is 2. The topological polar surface area (TPSA) is 85.8 Å². The number of fused-ring (bicyclic) bond motifs is 1. The van der Waals surface area contributed by atoms with Crippen molar-refractivity contribution in [2.24, 2.45) is 11.3 Å². The molecule has 3 aromatic rings. The maximum Gasteiger partial charge on any atom is 0.253 e. The van der Waals surface area contributed by atoms with Crippen LogP contribution in [-0.2, 0) is 4.79 Å². The molecule has 2 amide bonds. The maximum absolute atomic E-state index is 13.1. The number of hydrogen-bond donors (Lipinski definition) is 2. The first-order valence-electron chi connectivity index (χ1n) is 11.5. The van der Waals surface area contributed by atoms with Crippen LogP contribution in [-0.4, -0.2) is 65.0 Å². The summed E-state index contributed by atoms with van der Waals surface area (Å²) in [5.41, 5.74) is 3.99. The Kier molecular flexibility index (Phi) is 6.50. The Labute approximate surface area is 207 Å². The highest BCUT2D eigenvalue weighted by atomic mass is 32.2. The molecule has 2 N–H and O–H groups in total. The van der Waals surface area contributed by atoms with Crippen LogP contribution in [0.4, 0.5) is 5.69 Å². The number of benzene rings is 2. The number of aliphatic hydroxyl groups is 1. The molecule has 2 aliphatic rings. The standard InChI is InChI=1S/C25H28N4O3S2/c1-28-12-9-19(24(28)32)25(15-30)10-13-29(14-11-25)23(31)17-5-7-18(8-6-17)27-34-21-4-2-3-20-22(21)26-16-33-20/h2-8,16,19,27,30H,9-15H2,1H3. The van der Waals surface area contributed by atoms with Crippen molar-refractivity contribution in [3.05, 3.63) is 53.5 Å². The van der Waals surface area contributed by atoms with Crippen LogP contribution < -0.4 is 4.72 Å². The number of thiazole rings is 1. The zero-order chi connectivity index (χ0) is 23.7. The smallest absolute Gasteiger partial charge is 0.253 e. The van der Waals surface area contributed by atoms with Crippen molar-refractivity contribution in [1.29, 1.82) is 0 Å². The van der Waals surface area contributed by atoms with Gasteiger partial charge in [-0.25, -0.2) is 4.98 Å². The molecule has 2 fully saturated rings. The number of nitrogens with zero attached hydrogens (tertiary/aromatic N) is 3. The van der Waals surface area contributed by atoms with E-state index in [1.165, 1.54) is 11.9 Å². The molecule has 3 heterocycles. The molecule has 9 heteroatoms. The first-order valence-corrected chi connectivity index (χ1v) is 13.2. The number of para-hydroxylation sites is 1. The molecule has 2 aliphatic heterocycles. The molecule has 34 heavy (non-hydrogen) atoms. The predicted molar refractivity (Wildman–Crippen MR) is 136 cm³/mol. The molecule has 1 aromatic heterocycles. The Balaban J connectivity index is 1.19. The van der Waals surface area contributed by atoms with Crippen molar-refractivity contribution >= 4 is 51.0 Å². The number of amides is 2. The summed E-state index contributed by atoms with van der Waals surface area (Å²) >= 11 is 3.13. The number of anilines is 1. The third-order valence-electron chi connectivity index (χ3n) is 7.26. The third-order valence-corrected chi connectivity index (χ3v) is 8.94. The van der Waals surface area contributed by atoms with Gasteiger partial charge in [-0.3, -0.25) is 9.59 Å².